The van der Waals surface area contributed by atoms with Crippen LogP contribution in [0, 0.1) is 0 Å². The zero-order chi connectivity index (χ0) is 12.3. The third-order valence-corrected chi connectivity index (χ3v) is 4.21. The van der Waals surface area contributed by atoms with E-state index in [0.29, 0.717) is 11.4 Å². The molecule has 0 unspecified atom stereocenters. The highest BCUT2D eigenvalue weighted by molar-refractivity contribution is 7.92. The van der Waals surface area contributed by atoms with Gasteiger partial charge in [-0.3, -0.25) is 9.71 Å². The Hall–Kier alpha value is -1.60. The first-order valence-corrected chi connectivity index (χ1v) is 7.23. The van der Waals surface area contributed by atoms with E-state index in [1.807, 2.05) is 0 Å². The number of rotatable bonds is 4. The number of aromatic nitrogens is 1. The van der Waals surface area contributed by atoms with Crippen molar-refractivity contribution in [3.05, 3.63) is 35.3 Å². The van der Waals surface area contributed by atoms with E-state index in [9.17, 15) is 8.42 Å². The third kappa shape index (κ3) is 2.56. The van der Waals surface area contributed by atoms with Crippen LogP contribution in [0.15, 0.2) is 40.2 Å². The van der Waals surface area contributed by atoms with Crippen molar-refractivity contribution in [1.82, 2.24) is 4.98 Å². The van der Waals surface area contributed by atoms with E-state index < -0.39 is 10.0 Å². The van der Waals surface area contributed by atoms with Gasteiger partial charge in [0, 0.05) is 24.8 Å². The molecule has 0 aliphatic carbocycles. The molecule has 0 aliphatic heterocycles. The summed E-state index contributed by atoms with van der Waals surface area (Å²) in [7, 11) is -1.93. The smallest absolute Gasteiger partial charge is 0.265 e. The van der Waals surface area contributed by atoms with Gasteiger partial charge in [0.2, 0.25) is 0 Å². The molecule has 7 heteroatoms. The van der Waals surface area contributed by atoms with E-state index in [0.717, 1.165) is 0 Å². The Balaban J connectivity index is 2.38. The minimum Gasteiger partial charge on any atom is -0.387 e. The van der Waals surface area contributed by atoms with Crippen LogP contribution in [0.2, 0.25) is 0 Å². The molecule has 17 heavy (non-hydrogen) atoms. The Morgan fingerprint density at radius 1 is 1.35 bits per heavy atom. The van der Waals surface area contributed by atoms with Crippen molar-refractivity contribution in [2.45, 2.75) is 4.90 Å². The Kier molecular flexibility index (Phi) is 3.30. The number of nitrogens with zero attached hydrogens (tertiary/aromatic N) is 1. The Bertz CT molecular complexity index is 594. The molecule has 0 bridgehead atoms. The van der Waals surface area contributed by atoms with Crippen LogP contribution < -0.4 is 10.0 Å². The van der Waals surface area contributed by atoms with Gasteiger partial charge in [0.15, 0.2) is 0 Å². The molecule has 2 rings (SSSR count). The Labute approximate surface area is 104 Å². The molecule has 2 N–H and O–H groups in total. The molecule has 5 nitrogen and oxygen atoms in total. The molecule has 0 aliphatic rings. The van der Waals surface area contributed by atoms with Crippen molar-refractivity contribution in [2.24, 2.45) is 0 Å². The molecule has 2 heterocycles. The van der Waals surface area contributed by atoms with Gasteiger partial charge in [-0.15, -0.1) is 0 Å². The first-order chi connectivity index (χ1) is 8.13. The summed E-state index contributed by atoms with van der Waals surface area (Å²) in [6.45, 7) is 0. The van der Waals surface area contributed by atoms with Crippen LogP contribution in [0.25, 0.3) is 0 Å². The van der Waals surface area contributed by atoms with Gasteiger partial charge < -0.3 is 5.32 Å². The summed E-state index contributed by atoms with van der Waals surface area (Å²) in [5.74, 6) is 0. The molecule has 90 valence electrons. The van der Waals surface area contributed by atoms with E-state index >= 15 is 0 Å². The summed E-state index contributed by atoms with van der Waals surface area (Å²) >= 11 is 1.43. The van der Waals surface area contributed by atoms with E-state index in [1.165, 1.54) is 23.7 Å². The quantitative estimate of drug-likeness (QED) is 0.890. The Morgan fingerprint density at radius 2 is 2.18 bits per heavy atom. The largest absolute Gasteiger partial charge is 0.387 e. The van der Waals surface area contributed by atoms with Crippen molar-refractivity contribution in [3.63, 3.8) is 0 Å². The summed E-state index contributed by atoms with van der Waals surface area (Å²) in [5.41, 5.74) is 1.07. The van der Waals surface area contributed by atoms with Crippen molar-refractivity contribution < 1.29 is 8.42 Å². The summed E-state index contributed by atoms with van der Waals surface area (Å²) in [6, 6.07) is 3.32. The van der Waals surface area contributed by atoms with Crippen LogP contribution in [0.4, 0.5) is 11.4 Å². The fourth-order valence-electron chi connectivity index (χ4n) is 1.33. The lowest BCUT2D eigenvalue weighted by Crippen LogP contribution is -2.14. The lowest BCUT2D eigenvalue weighted by Gasteiger charge is -2.10. The topological polar surface area (TPSA) is 71.1 Å². The van der Waals surface area contributed by atoms with Gasteiger partial charge in [0.1, 0.15) is 4.90 Å². The fraction of sp³-hybridized carbons (Fsp3) is 0.100. The van der Waals surface area contributed by atoms with Gasteiger partial charge in [-0.2, -0.15) is 11.3 Å². The van der Waals surface area contributed by atoms with E-state index in [-0.39, 0.29) is 4.90 Å². The normalized spacial score (nSPS) is 11.1. The molecule has 0 radical (unpaired) electrons. The second-order valence-corrected chi connectivity index (χ2v) is 5.67. The molecule has 0 fully saturated rings. The van der Waals surface area contributed by atoms with Crippen molar-refractivity contribution in [2.75, 3.05) is 17.1 Å². The molecule has 0 saturated heterocycles. The molecule has 2 aromatic heterocycles. The average Bonchev–Trinajstić information content (AvgIpc) is 2.81. The van der Waals surface area contributed by atoms with Crippen molar-refractivity contribution in [1.29, 1.82) is 0 Å². The minimum atomic E-state index is -3.59. The second-order valence-electron chi connectivity index (χ2n) is 3.24. The highest BCUT2D eigenvalue weighted by Crippen LogP contribution is 2.23. The number of pyridine rings is 1. The van der Waals surface area contributed by atoms with Crippen LogP contribution in [0.1, 0.15) is 0 Å². The molecule has 0 aromatic carbocycles. The van der Waals surface area contributed by atoms with Crippen LogP contribution in [0.3, 0.4) is 0 Å². The van der Waals surface area contributed by atoms with Crippen LogP contribution in [-0.2, 0) is 10.0 Å². The number of hydrogen-bond donors (Lipinski definition) is 2. The first kappa shape index (κ1) is 11.9. The maximum absolute atomic E-state index is 12.1. The number of hydrogen-bond acceptors (Lipinski definition) is 5. The molecular weight excluding hydrogens is 258 g/mol. The van der Waals surface area contributed by atoms with E-state index in [2.05, 4.69) is 15.0 Å². The van der Waals surface area contributed by atoms with Gasteiger partial charge in [-0.1, -0.05) is 0 Å². The zero-order valence-electron chi connectivity index (χ0n) is 9.04. The predicted octanol–water partition coefficient (Wildman–Crippen LogP) is 1.99. The van der Waals surface area contributed by atoms with E-state index in [1.54, 1.807) is 29.9 Å². The first-order valence-electron chi connectivity index (χ1n) is 4.80. The maximum Gasteiger partial charge on any atom is 0.265 e. The minimum absolute atomic E-state index is 0.133. The SMILES string of the molecule is CNc1ccncc1S(=O)(=O)Nc1ccsc1. The van der Waals surface area contributed by atoms with Crippen LogP contribution >= 0.6 is 11.3 Å². The molecule has 0 atom stereocenters. The predicted molar refractivity (Wildman–Crippen MR) is 68.9 cm³/mol. The molecule has 0 spiro atoms. The lowest BCUT2D eigenvalue weighted by atomic mass is 10.4. The summed E-state index contributed by atoms with van der Waals surface area (Å²) < 4.78 is 26.7. The third-order valence-electron chi connectivity index (χ3n) is 2.12. The highest BCUT2D eigenvalue weighted by atomic mass is 32.2. The molecule has 0 saturated carbocycles. The molecule has 2 aromatic rings. The fourth-order valence-corrected chi connectivity index (χ4v) is 3.20. The number of sulfonamides is 1. The van der Waals surface area contributed by atoms with Crippen molar-refractivity contribution >= 4 is 32.7 Å². The van der Waals surface area contributed by atoms with Crippen LogP contribution in [-0.4, -0.2) is 20.4 Å². The second kappa shape index (κ2) is 4.72. The van der Waals surface area contributed by atoms with E-state index in [4.69, 9.17) is 0 Å². The average molecular weight is 269 g/mol. The van der Waals surface area contributed by atoms with Crippen molar-refractivity contribution in [3.8, 4) is 0 Å². The summed E-state index contributed by atoms with van der Waals surface area (Å²) in [5, 5.41) is 6.36. The Morgan fingerprint density at radius 3 is 2.82 bits per heavy atom. The number of thiophene rings is 1. The molecule has 0 amide bonds. The van der Waals surface area contributed by atoms with Gasteiger partial charge >= 0.3 is 0 Å². The van der Waals surface area contributed by atoms with Gasteiger partial charge in [0.05, 0.1) is 11.4 Å². The summed E-state index contributed by atoms with van der Waals surface area (Å²) in [6.07, 6.45) is 2.86. The lowest BCUT2D eigenvalue weighted by molar-refractivity contribution is 0.601. The van der Waals surface area contributed by atoms with Gasteiger partial charge in [-0.25, -0.2) is 8.42 Å². The van der Waals surface area contributed by atoms with Gasteiger partial charge in [-0.05, 0) is 17.5 Å². The standard InChI is InChI=1S/C10H11N3O2S2/c1-11-9-2-4-12-6-10(9)17(14,15)13-8-3-5-16-7-8/h2-7,13H,1H3,(H,11,12). The van der Waals surface area contributed by atoms with Crippen LogP contribution in [0.5, 0.6) is 0 Å². The van der Waals surface area contributed by atoms with Gasteiger partial charge in [0.25, 0.3) is 10.0 Å². The zero-order valence-corrected chi connectivity index (χ0v) is 10.7. The number of nitrogens with one attached hydrogen (secondary N) is 2. The number of anilines is 2. The summed E-state index contributed by atoms with van der Waals surface area (Å²) in [4.78, 5) is 3.97. The highest BCUT2D eigenvalue weighted by Gasteiger charge is 2.18. The molecular formula is C10H11N3O2S2. The monoisotopic (exact) mass is 269 g/mol. The maximum atomic E-state index is 12.1.